The fourth-order valence-corrected chi connectivity index (χ4v) is 5.63. The summed E-state index contributed by atoms with van der Waals surface area (Å²) in [7, 11) is 0. The first-order chi connectivity index (χ1) is 12.8. The van der Waals surface area contributed by atoms with Crippen molar-refractivity contribution < 1.29 is 9.50 Å². The van der Waals surface area contributed by atoms with Crippen molar-refractivity contribution in [3.63, 3.8) is 0 Å². The van der Waals surface area contributed by atoms with E-state index >= 15 is 0 Å². The molecule has 0 bridgehead atoms. The van der Waals surface area contributed by atoms with Crippen LogP contribution in [0.3, 0.4) is 0 Å². The van der Waals surface area contributed by atoms with Crippen LogP contribution in [0.4, 0.5) is 4.39 Å². The Labute approximate surface area is 169 Å². The topological polar surface area (TPSA) is 23.5 Å². The van der Waals surface area contributed by atoms with Gasteiger partial charge in [-0.05, 0) is 59.9 Å². The number of aliphatic hydroxyl groups is 1. The molecule has 5 heteroatoms. The number of benzene rings is 2. The summed E-state index contributed by atoms with van der Waals surface area (Å²) in [5.74, 6) is 1.06. The van der Waals surface area contributed by atoms with Gasteiger partial charge < -0.3 is 5.11 Å². The Morgan fingerprint density at radius 3 is 2.33 bits per heavy atom. The van der Waals surface area contributed by atoms with Gasteiger partial charge in [0.25, 0.3) is 0 Å². The van der Waals surface area contributed by atoms with Crippen LogP contribution >= 0.6 is 23.2 Å². The number of halogens is 3. The summed E-state index contributed by atoms with van der Waals surface area (Å²) in [6, 6.07) is 12.2. The van der Waals surface area contributed by atoms with Crippen LogP contribution < -0.4 is 0 Å². The Bertz CT molecular complexity index is 812. The van der Waals surface area contributed by atoms with E-state index in [4.69, 9.17) is 23.2 Å². The van der Waals surface area contributed by atoms with Crippen LogP contribution in [-0.2, 0) is 5.41 Å². The van der Waals surface area contributed by atoms with Crippen molar-refractivity contribution in [1.82, 2.24) is 4.90 Å². The summed E-state index contributed by atoms with van der Waals surface area (Å²) in [4.78, 5) is 2.34. The predicted molar refractivity (Wildman–Crippen MR) is 108 cm³/mol. The highest BCUT2D eigenvalue weighted by atomic mass is 35.5. The zero-order valence-corrected chi connectivity index (χ0v) is 16.8. The highest BCUT2D eigenvalue weighted by Crippen LogP contribution is 2.50. The lowest BCUT2D eigenvalue weighted by Gasteiger charge is -2.28. The molecular weight excluding hydrogens is 384 g/mol. The average molecular weight is 408 g/mol. The molecule has 2 aliphatic rings. The van der Waals surface area contributed by atoms with Crippen molar-refractivity contribution >= 4 is 23.2 Å². The second kappa shape index (κ2) is 7.36. The van der Waals surface area contributed by atoms with Crippen molar-refractivity contribution in [1.29, 1.82) is 0 Å². The van der Waals surface area contributed by atoms with Crippen LogP contribution in [0.25, 0.3) is 0 Å². The summed E-state index contributed by atoms with van der Waals surface area (Å²) < 4.78 is 13.2. The monoisotopic (exact) mass is 407 g/mol. The molecule has 0 radical (unpaired) electrons. The molecule has 2 nitrogen and oxygen atoms in total. The normalized spacial score (nSPS) is 29.1. The van der Waals surface area contributed by atoms with E-state index in [9.17, 15) is 9.50 Å². The van der Waals surface area contributed by atoms with Gasteiger partial charge in [0.15, 0.2) is 0 Å². The van der Waals surface area contributed by atoms with Crippen molar-refractivity contribution in [2.24, 2.45) is 11.8 Å². The predicted octanol–water partition coefficient (Wildman–Crippen LogP) is 5.47. The first kappa shape index (κ1) is 19.2. The van der Waals surface area contributed by atoms with Crippen molar-refractivity contribution in [2.75, 3.05) is 19.6 Å². The molecule has 1 aliphatic carbocycles. The third-order valence-corrected chi connectivity index (χ3v) is 6.93. The maximum Gasteiger partial charge on any atom is 0.123 e. The Kier molecular flexibility index (Phi) is 5.24. The van der Waals surface area contributed by atoms with Crippen LogP contribution in [0.5, 0.6) is 0 Å². The lowest BCUT2D eigenvalue weighted by molar-refractivity contribution is 0.120. The van der Waals surface area contributed by atoms with Gasteiger partial charge in [-0.25, -0.2) is 4.39 Å². The fraction of sp³-hybridized carbons (Fsp3) is 0.455. The Morgan fingerprint density at radius 2 is 1.74 bits per heavy atom. The molecule has 0 aromatic heterocycles. The Hall–Kier alpha value is -1.13. The number of hydrogen-bond donors (Lipinski definition) is 1. The van der Waals surface area contributed by atoms with Crippen molar-refractivity contribution in [2.45, 2.75) is 31.3 Å². The summed E-state index contributed by atoms with van der Waals surface area (Å²) in [6.07, 6.45) is 1.60. The zero-order chi connectivity index (χ0) is 19.2. The first-order valence-corrected chi connectivity index (χ1v) is 10.2. The maximum atomic E-state index is 13.2. The standard InChI is InChI=1S/C22H24Cl2FNO/c1-22(16-2-5-18(25)6-3-16)9-14-11-26(12-15(14)10-22)13-21(27)19-7-4-17(23)8-20(19)24/h2-8,14-15,21,27H,9-13H2,1H3/t14-,15+,21?,22?. The van der Waals surface area contributed by atoms with Gasteiger partial charge in [0.2, 0.25) is 0 Å². The highest BCUT2D eigenvalue weighted by molar-refractivity contribution is 6.35. The van der Waals surface area contributed by atoms with E-state index in [-0.39, 0.29) is 11.2 Å². The number of fused-ring (bicyclic) bond motifs is 1. The molecule has 2 fully saturated rings. The molecule has 4 atom stereocenters. The second-order valence-electron chi connectivity index (χ2n) is 8.40. The number of hydrogen-bond acceptors (Lipinski definition) is 2. The minimum atomic E-state index is -0.614. The SMILES string of the molecule is CC1(c2ccc(F)cc2)C[C@H]2CN(CC(O)c3ccc(Cl)cc3Cl)C[C@H]2C1. The Morgan fingerprint density at radius 1 is 1.11 bits per heavy atom. The van der Waals surface area contributed by atoms with Gasteiger partial charge in [-0.1, -0.05) is 48.3 Å². The van der Waals surface area contributed by atoms with Crippen LogP contribution in [-0.4, -0.2) is 29.6 Å². The molecule has 1 heterocycles. The molecule has 1 saturated carbocycles. The Balaban J connectivity index is 1.39. The van der Waals surface area contributed by atoms with E-state index in [1.165, 1.54) is 5.56 Å². The van der Waals surface area contributed by atoms with Crippen LogP contribution in [0, 0.1) is 17.7 Å². The third kappa shape index (κ3) is 3.88. The molecular formula is C22H24Cl2FNO. The van der Waals surface area contributed by atoms with Crippen LogP contribution in [0.15, 0.2) is 42.5 Å². The van der Waals surface area contributed by atoms with Crippen molar-refractivity contribution in [3.05, 3.63) is 69.5 Å². The molecule has 2 unspecified atom stereocenters. The zero-order valence-electron chi connectivity index (χ0n) is 15.3. The molecule has 1 N–H and O–H groups in total. The van der Waals surface area contributed by atoms with E-state index in [1.54, 1.807) is 30.3 Å². The smallest absolute Gasteiger partial charge is 0.123 e. The third-order valence-electron chi connectivity index (χ3n) is 6.37. The van der Waals surface area contributed by atoms with E-state index < -0.39 is 6.10 Å². The number of nitrogens with zero attached hydrogens (tertiary/aromatic N) is 1. The fourth-order valence-electron chi connectivity index (χ4n) is 5.09. The average Bonchev–Trinajstić information content (AvgIpc) is 3.10. The largest absolute Gasteiger partial charge is 0.387 e. The lowest BCUT2D eigenvalue weighted by Crippen LogP contribution is -2.30. The molecule has 1 aliphatic heterocycles. The number of β-amino-alcohol motifs (C(OH)–C–C–N with tert-alkyl or cyclic N) is 1. The van der Waals surface area contributed by atoms with Gasteiger partial charge >= 0.3 is 0 Å². The number of likely N-dealkylation sites (tertiary alicyclic amines) is 1. The molecule has 1 saturated heterocycles. The minimum absolute atomic E-state index is 0.118. The quantitative estimate of drug-likeness (QED) is 0.726. The maximum absolute atomic E-state index is 13.2. The summed E-state index contributed by atoms with van der Waals surface area (Å²) in [5.41, 5.74) is 2.08. The molecule has 2 aromatic carbocycles. The summed E-state index contributed by atoms with van der Waals surface area (Å²) in [6.45, 7) is 4.86. The van der Waals surface area contributed by atoms with Gasteiger partial charge in [-0.2, -0.15) is 0 Å². The van der Waals surface area contributed by atoms with Gasteiger partial charge in [-0.3, -0.25) is 4.90 Å². The minimum Gasteiger partial charge on any atom is -0.387 e. The van der Waals surface area contributed by atoms with Crippen LogP contribution in [0.1, 0.15) is 37.0 Å². The number of rotatable bonds is 4. The van der Waals surface area contributed by atoms with Gasteiger partial charge in [0, 0.05) is 35.2 Å². The molecule has 144 valence electrons. The second-order valence-corrected chi connectivity index (χ2v) is 9.24. The van der Waals surface area contributed by atoms with Gasteiger partial charge in [0.05, 0.1) is 6.10 Å². The van der Waals surface area contributed by atoms with E-state index in [2.05, 4.69) is 11.8 Å². The van der Waals surface area contributed by atoms with Crippen molar-refractivity contribution in [3.8, 4) is 0 Å². The summed E-state index contributed by atoms with van der Waals surface area (Å²) in [5, 5.41) is 11.7. The van der Waals surface area contributed by atoms with E-state index in [1.807, 2.05) is 12.1 Å². The molecule has 4 rings (SSSR count). The molecule has 0 spiro atoms. The highest BCUT2D eigenvalue weighted by Gasteiger charge is 2.47. The molecule has 2 aromatic rings. The summed E-state index contributed by atoms with van der Waals surface area (Å²) >= 11 is 12.2. The molecule has 27 heavy (non-hydrogen) atoms. The van der Waals surface area contributed by atoms with Gasteiger partial charge in [-0.15, -0.1) is 0 Å². The number of aliphatic hydroxyl groups excluding tert-OH is 1. The molecule has 0 amide bonds. The van der Waals surface area contributed by atoms with Crippen LogP contribution in [0.2, 0.25) is 10.0 Å². The lowest BCUT2D eigenvalue weighted by atomic mass is 9.79. The van der Waals surface area contributed by atoms with E-state index in [0.717, 1.165) is 31.5 Å². The first-order valence-electron chi connectivity index (χ1n) is 9.45. The van der Waals surface area contributed by atoms with E-state index in [0.29, 0.717) is 28.4 Å². The van der Waals surface area contributed by atoms with Gasteiger partial charge in [0.1, 0.15) is 5.82 Å².